The van der Waals surface area contributed by atoms with Crippen molar-refractivity contribution in [1.82, 2.24) is 15.5 Å². The fraction of sp³-hybridized carbons (Fsp3) is 0.765. The maximum atomic E-state index is 4.45. The topological polar surface area (TPSA) is 41.0 Å². The highest BCUT2D eigenvalue weighted by molar-refractivity contribution is 5.37. The van der Waals surface area contributed by atoms with Gasteiger partial charge in [-0.05, 0) is 56.1 Å². The summed E-state index contributed by atoms with van der Waals surface area (Å²) < 4.78 is 0. The van der Waals surface area contributed by atoms with E-state index in [1.807, 2.05) is 0 Å². The molecule has 2 fully saturated rings. The van der Waals surface area contributed by atoms with E-state index in [1.165, 1.54) is 32.1 Å². The Bertz CT molecular complexity index is 439. The molecule has 1 N–H and O–H groups in total. The molecule has 1 unspecified atom stereocenters. The van der Waals surface area contributed by atoms with Crippen LogP contribution in [0.1, 0.15) is 51.6 Å². The highest BCUT2D eigenvalue weighted by atomic mass is 15.3. The summed E-state index contributed by atoms with van der Waals surface area (Å²) in [6.07, 6.45) is 6.54. The van der Waals surface area contributed by atoms with Gasteiger partial charge in [0.05, 0.1) is 5.69 Å². The highest BCUT2D eigenvalue weighted by Crippen LogP contribution is 2.26. The highest BCUT2D eigenvalue weighted by Gasteiger charge is 2.21. The second kappa shape index (κ2) is 6.73. The van der Waals surface area contributed by atoms with Gasteiger partial charge in [0.1, 0.15) is 0 Å². The van der Waals surface area contributed by atoms with E-state index in [4.69, 9.17) is 0 Å². The van der Waals surface area contributed by atoms with Gasteiger partial charge in [0.2, 0.25) is 0 Å². The van der Waals surface area contributed by atoms with Gasteiger partial charge in [0.25, 0.3) is 0 Å². The molecule has 0 radical (unpaired) electrons. The van der Waals surface area contributed by atoms with E-state index in [2.05, 4.69) is 46.4 Å². The largest absolute Gasteiger partial charge is 0.355 e. The summed E-state index contributed by atoms with van der Waals surface area (Å²) in [7, 11) is 0. The van der Waals surface area contributed by atoms with Gasteiger partial charge in [-0.25, -0.2) is 0 Å². The molecule has 3 rings (SSSR count). The molecular weight excluding hydrogens is 260 g/mol. The Kier molecular flexibility index (Phi) is 4.73. The van der Waals surface area contributed by atoms with Crippen molar-refractivity contribution in [3.8, 4) is 0 Å². The Balaban J connectivity index is 1.55. The summed E-state index contributed by atoms with van der Waals surface area (Å²) in [5, 5.41) is 12.3. The minimum absolute atomic E-state index is 0.727. The van der Waals surface area contributed by atoms with Crippen LogP contribution in [0.5, 0.6) is 0 Å². The quantitative estimate of drug-likeness (QED) is 0.904. The standard InChI is InChI=1S/C17H28N4/c1-13(2)14-4-3-10-21(11-9-14)17-8-7-16(19-20-17)12-18-15-5-6-15/h7-8,13-15,18H,3-6,9-12H2,1-2H3. The first kappa shape index (κ1) is 14.8. The third kappa shape index (κ3) is 4.16. The molecule has 0 spiro atoms. The smallest absolute Gasteiger partial charge is 0.151 e. The van der Waals surface area contributed by atoms with Crippen LogP contribution in [-0.4, -0.2) is 29.3 Å². The van der Waals surface area contributed by atoms with Crippen molar-refractivity contribution in [2.75, 3.05) is 18.0 Å². The normalized spacial score (nSPS) is 23.4. The number of hydrogen-bond donors (Lipinski definition) is 1. The molecule has 4 nitrogen and oxygen atoms in total. The molecule has 1 saturated heterocycles. The van der Waals surface area contributed by atoms with Crippen molar-refractivity contribution in [2.24, 2.45) is 11.8 Å². The first-order valence-corrected chi connectivity index (χ1v) is 8.53. The van der Waals surface area contributed by atoms with Crippen molar-refractivity contribution < 1.29 is 0 Å². The Morgan fingerprint density at radius 1 is 1.14 bits per heavy atom. The van der Waals surface area contributed by atoms with Gasteiger partial charge >= 0.3 is 0 Å². The van der Waals surface area contributed by atoms with Crippen LogP contribution in [0.2, 0.25) is 0 Å². The van der Waals surface area contributed by atoms with Gasteiger partial charge in [0.15, 0.2) is 5.82 Å². The van der Waals surface area contributed by atoms with E-state index in [1.54, 1.807) is 0 Å². The number of rotatable bonds is 5. The van der Waals surface area contributed by atoms with Crippen molar-refractivity contribution in [2.45, 2.75) is 58.5 Å². The molecular formula is C17H28N4. The molecule has 21 heavy (non-hydrogen) atoms. The Hall–Kier alpha value is -1.16. The van der Waals surface area contributed by atoms with Gasteiger partial charge in [-0.2, -0.15) is 5.10 Å². The fourth-order valence-electron chi connectivity index (χ4n) is 3.17. The van der Waals surface area contributed by atoms with Gasteiger partial charge < -0.3 is 10.2 Å². The maximum Gasteiger partial charge on any atom is 0.151 e. The molecule has 1 aliphatic carbocycles. The summed E-state index contributed by atoms with van der Waals surface area (Å²) in [4.78, 5) is 2.41. The predicted molar refractivity (Wildman–Crippen MR) is 86.3 cm³/mol. The number of nitrogens with zero attached hydrogens (tertiary/aromatic N) is 3. The van der Waals surface area contributed by atoms with E-state index in [-0.39, 0.29) is 0 Å². The van der Waals surface area contributed by atoms with Crippen molar-refractivity contribution in [1.29, 1.82) is 0 Å². The van der Waals surface area contributed by atoms with Crippen LogP contribution in [0.25, 0.3) is 0 Å². The lowest BCUT2D eigenvalue weighted by molar-refractivity contribution is 0.351. The van der Waals surface area contributed by atoms with Crippen LogP contribution >= 0.6 is 0 Å². The van der Waals surface area contributed by atoms with E-state index < -0.39 is 0 Å². The number of aromatic nitrogens is 2. The second-order valence-electron chi connectivity index (χ2n) is 6.96. The first-order valence-electron chi connectivity index (χ1n) is 8.53. The molecule has 1 saturated carbocycles. The molecule has 4 heteroatoms. The second-order valence-corrected chi connectivity index (χ2v) is 6.96. The van der Waals surface area contributed by atoms with Crippen LogP contribution in [0.15, 0.2) is 12.1 Å². The van der Waals surface area contributed by atoms with Gasteiger partial charge in [-0.3, -0.25) is 0 Å². The minimum Gasteiger partial charge on any atom is -0.355 e. The monoisotopic (exact) mass is 288 g/mol. The Morgan fingerprint density at radius 3 is 2.67 bits per heavy atom. The van der Waals surface area contributed by atoms with Crippen LogP contribution in [-0.2, 0) is 6.54 Å². The average molecular weight is 288 g/mol. The van der Waals surface area contributed by atoms with E-state index in [0.29, 0.717) is 0 Å². The average Bonchev–Trinajstić information content (AvgIpc) is 3.32. The third-order valence-corrected chi connectivity index (χ3v) is 4.89. The third-order valence-electron chi connectivity index (χ3n) is 4.89. The molecule has 0 amide bonds. The minimum atomic E-state index is 0.727. The van der Waals surface area contributed by atoms with E-state index in [0.717, 1.165) is 49.0 Å². The molecule has 1 aromatic heterocycles. The molecule has 0 bridgehead atoms. The number of nitrogens with one attached hydrogen (secondary N) is 1. The van der Waals surface area contributed by atoms with Crippen molar-refractivity contribution in [3.63, 3.8) is 0 Å². The van der Waals surface area contributed by atoms with Crippen molar-refractivity contribution in [3.05, 3.63) is 17.8 Å². The number of anilines is 1. The van der Waals surface area contributed by atoms with Crippen LogP contribution in [0.4, 0.5) is 5.82 Å². The fourth-order valence-corrected chi connectivity index (χ4v) is 3.17. The molecule has 116 valence electrons. The summed E-state index contributed by atoms with van der Waals surface area (Å²) in [6.45, 7) is 7.80. The summed E-state index contributed by atoms with van der Waals surface area (Å²) in [5.74, 6) is 2.71. The molecule has 2 heterocycles. The van der Waals surface area contributed by atoms with Crippen LogP contribution in [0, 0.1) is 11.8 Å². The number of hydrogen-bond acceptors (Lipinski definition) is 4. The van der Waals surface area contributed by atoms with Crippen molar-refractivity contribution >= 4 is 5.82 Å². The predicted octanol–water partition coefficient (Wildman–Crippen LogP) is 2.99. The zero-order valence-electron chi connectivity index (χ0n) is 13.4. The van der Waals surface area contributed by atoms with E-state index in [9.17, 15) is 0 Å². The first-order chi connectivity index (χ1) is 10.2. The zero-order valence-corrected chi connectivity index (χ0v) is 13.4. The lowest BCUT2D eigenvalue weighted by Crippen LogP contribution is -2.26. The van der Waals surface area contributed by atoms with Gasteiger partial charge in [-0.1, -0.05) is 13.8 Å². The van der Waals surface area contributed by atoms with Crippen LogP contribution in [0.3, 0.4) is 0 Å². The maximum absolute atomic E-state index is 4.45. The summed E-state index contributed by atoms with van der Waals surface area (Å²) in [5.41, 5.74) is 1.06. The summed E-state index contributed by atoms with van der Waals surface area (Å²) in [6, 6.07) is 5.00. The van der Waals surface area contributed by atoms with Gasteiger partial charge in [0, 0.05) is 25.7 Å². The molecule has 0 aromatic carbocycles. The SMILES string of the molecule is CC(C)C1CCCN(c2ccc(CNC3CC3)nn2)CC1. The van der Waals surface area contributed by atoms with Gasteiger partial charge in [-0.15, -0.1) is 5.10 Å². The van der Waals surface area contributed by atoms with Crippen LogP contribution < -0.4 is 10.2 Å². The molecule has 1 atom stereocenters. The lowest BCUT2D eigenvalue weighted by Gasteiger charge is -2.22. The molecule has 1 aliphatic heterocycles. The lowest BCUT2D eigenvalue weighted by atomic mass is 9.89. The zero-order chi connectivity index (χ0) is 14.7. The summed E-state index contributed by atoms with van der Waals surface area (Å²) >= 11 is 0. The Labute approximate surface area is 128 Å². The molecule has 2 aliphatic rings. The molecule has 1 aromatic rings. The van der Waals surface area contributed by atoms with E-state index >= 15 is 0 Å². The Morgan fingerprint density at radius 2 is 2.00 bits per heavy atom.